The lowest BCUT2D eigenvalue weighted by Crippen LogP contribution is -2.21. The van der Waals surface area contributed by atoms with E-state index in [-0.39, 0.29) is 5.78 Å². The molecule has 1 saturated carbocycles. The number of aliphatic hydroxyl groups is 1. The van der Waals surface area contributed by atoms with Gasteiger partial charge in [0.2, 0.25) is 12.1 Å². The normalized spacial score (nSPS) is 16.6. The molecule has 2 aromatic carbocycles. The van der Waals surface area contributed by atoms with Crippen LogP contribution in [-0.2, 0) is 4.84 Å². The van der Waals surface area contributed by atoms with Crippen molar-refractivity contribution in [3.63, 3.8) is 0 Å². The Morgan fingerprint density at radius 2 is 1.71 bits per heavy atom. The number of carbonyl (C=O) groups excluding carboxylic acids is 1. The van der Waals surface area contributed by atoms with E-state index in [1.165, 1.54) is 26.2 Å². The fraction of sp³-hybridized carbons (Fsp3) is 0.391. The average Bonchev–Trinajstić information content (AvgIpc) is 2.72. The Kier molecular flexibility index (Phi) is 7.69. The summed E-state index contributed by atoms with van der Waals surface area (Å²) in [5.41, 5.74) is 0.998. The van der Waals surface area contributed by atoms with Crippen molar-refractivity contribution in [3.8, 4) is 0 Å². The summed E-state index contributed by atoms with van der Waals surface area (Å²) in [6.45, 7) is 1.49. The van der Waals surface area contributed by atoms with Crippen LogP contribution in [0, 0.1) is 5.92 Å². The Bertz CT molecular complexity index is 781. The highest BCUT2D eigenvalue weighted by Gasteiger charge is 2.22. The summed E-state index contributed by atoms with van der Waals surface area (Å²) < 4.78 is 0. The minimum atomic E-state index is -1.03. The molecular formula is C23H27NO3S. The van der Waals surface area contributed by atoms with Gasteiger partial charge in [0, 0.05) is 22.3 Å². The van der Waals surface area contributed by atoms with Crippen molar-refractivity contribution in [3.05, 3.63) is 60.2 Å². The van der Waals surface area contributed by atoms with Crippen molar-refractivity contribution < 1.29 is 14.7 Å². The number of ketones is 1. The van der Waals surface area contributed by atoms with Gasteiger partial charge in [0.25, 0.3) is 0 Å². The number of Topliss-reactive ketones (excluding diaryl/α,β-unsaturated/α-hetero) is 1. The van der Waals surface area contributed by atoms with E-state index >= 15 is 0 Å². The summed E-state index contributed by atoms with van der Waals surface area (Å²) in [7, 11) is 0. The van der Waals surface area contributed by atoms with Gasteiger partial charge in [0.1, 0.15) is 5.71 Å². The molecule has 4 nitrogen and oxygen atoms in total. The maximum atomic E-state index is 13.0. The van der Waals surface area contributed by atoms with Gasteiger partial charge in [0.15, 0.2) is 0 Å². The molecule has 1 unspecified atom stereocenters. The molecule has 1 aliphatic rings. The molecule has 3 rings (SSSR count). The second-order valence-corrected chi connectivity index (χ2v) is 8.37. The van der Waals surface area contributed by atoms with Crippen LogP contribution in [0.2, 0.25) is 0 Å². The van der Waals surface area contributed by atoms with Crippen molar-refractivity contribution in [2.75, 3.05) is 0 Å². The summed E-state index contributed by atoms with van der Waals surface area (Å²) in [4.78, 5) is 20.2. The van der Waals surface area contributed by atoms with Crippen LogP contribution in [0.4, 0.5) is 0 Å². The summed E-state index contributed by atoms with van der Waals surface area (Å²) >= 11 is 1.66. The zero-order valence-electron chi connectivity index (χ0n) is 16.2. The van der Waals surface area contributed by atoms with Crippen LogP contribution >= 0.6 is 11.8 Å². The van der Waals surface area contributed by atoms with Gasteiger partial charge in [-0.3, -0.25) is 4.79 Å². The van der Waals surface area contributed by atoms with Crippen molar-refractivity contribution in [1.82, 2.24) is 0 Å². The number of oxime groups is 1. The Morgan fingerprint density at radius 1 is 1.07 bits per heavy atom. The molecule has 0 spiro atoms. The number of carbonyl (C=O) groups is 1. The van der Waals surface area contributed by atoms with Crippen LogP contribution in [0.25, 0.3) is 0 Å². The van der Waals surface area contributed by atoms with E-state index in [0.717, 1.165) is 22.6 Å². The van der Waals surface area contributed by atoms with Crippen molar-refractivity contribution in [2.24, 2.45) is 11.1 Å². The number of rotatable bonds is 8. The van der Waals surface area contributed by atoms with Gasteiger partial charge in [0.05, 0.1) is 0 Å². The molecule has 0 amide bonds. The number of hydrogen-bond donors (Lipinski definition) is 1. The Labute approximate surface area is 171 Å². The summed E-state index contributed by atoms with van der Waals surface area (Å²) in [6.07, 6.45) is 5.48. The van der Waals surface area contributed by atoms with E-state index < -0.39 is 6.29 Å². The van der Waals surface area contributed by atoms with Gasteiger partial charge in [-0.25, -0.2) is 0 Å². The molecule has 1 fully saturated rings. The first-order chi connectivity index (χ1) is 13.6. The zero-order valence-corrected chi connectivity index (χ0v) is 17.0. The van der Waals surface area contributed by atoms with E-state index in [1.807, 2.05) is 42.5 Å². The predicted octanol–water partition coefficient (Wildman–Crippen LogP) is 5.70. The van der Waals surface area contributed by atoms with Crippen LogP contribution in [0.15, 0.2) is 69.5 Å². The van der Waals surface area contributed by atoms with Gasteiger partial charge < -0.3 is 9.94 Å². The fourth-order valence-electron chi connectivity index (χ4n) is 3.44. The molecule has 0 radical (unpaired) electrons. The Hall–Kier alpha value is -2.11. The molecule has 1 N–H and O–H groups in total. The van der Waals surface area contributed by atoms with Crippen molar-refractivity contribution in [2.45, 2.75) is 61.5 Å². The van der Waals surface area contributed by atoms with E-state index in [2.05, 4.69) is 17.3 Å². The SMILES string of the molecule is CC(O)O/N=C(/CC1CCCCC1)C(=O)c1ccc(Sc2ccccc2)cc1. The lowest BCUT2D eigenvalue weighted by molar-refractivity contribution is -0.0839. The number of nitrogens with zero attached hydrogens (tertiary/aromatic N) is 1. The first-order valence-corrected chi connectivity index (χ1v) is 10.7. The summed E-state index contributed by atoms with van der Waals surface area (Å²) in [6, 6.07) is 17.7. The average molecular weight is 398 g/mol. The quantitative estimate of drug-likeness (QED) is 0.269. The first-order valence-electron chi connectivity index (χ1n) is 9.90. The first kappa shape index (κ1) is 20.6. The van der Waals surface area contributed by atoms with Crippen molar-refractivity contribution in [1.29, 1.82) is 0 Å². The second-order valence-electron chi connectivity index (χ2n) is 7.22. The van der Waals surface area contributed by atoms with E-state index in [0.29, 0.717) is 23.6 Å². The smallest absolute Gasteiger partial charge is 0.221 e. The molecule has 0 heterocycles. The topological polar surface area (TPSA) is 58.9 Å². The highest BCUT2D eigenvalue weighted by Crippen LogP contribution is 2.29. The van der Waals surface area contributed by atoms with Gasteiger partial charge in [-0.2, -0.15) is 0 Å². The molecule has 0 bridgehead atoms. The van der Waals surface area contributed by atoms with E-state index in [1.54, 1.807) is 11.8 Å². The maximum Gasteiger partial charge on any atom is 0.221 e. The van der Waals surface area contributed by atoms with Gasteiger partial charge in [-0.15, -0.1) is 0 Å². The number of aliphatic hydroxyl groups excluding tert-OH is 1. The lowest BCUT2D eigenvalue weighted by Gasteiger charge is -2.21. The second kappa shape index (κ2) is 10.4. The number of benzene rings is 2. The van der Waals surface area contributed by atoms with Crippen LogP contribution in [0.5, 0.6) is 0 Å². The highest BCUT2D eigenvalue weighted by molar-refractivity contribution is 7.99. The third kappa shape index (κ3) is 6.21. The van der Waals surface area contributed by atoms with E-state index in [9.17, 15) is 9.90 Å². The Balaban J connectivity index is 1.70. The highest BCUT2D eigenvalue weighted by atomic mass is 32.2. The van der Waals surface area contributed by atoms with Gasteiger partial charge in [-0.05, 0) is 48.7 Å². The largest absolute Gasteiger partial charge is 0.364 e. The molecular weight excluding hydrogens is 370 g/mol. The molecule has 28 heavy (non-hydrogen) atoms. The molecule has 0 saturated heterocycles. The van der Waals surface area contributed by atoms with Gasteiger partial charge in [-0.1, -0.05) is 67.2 Å². The van der Waals surface area contributed by atoms with E-state index in [4.69, 9.17) is 4.84 Å². The summed E-state index contributed by atoms with van der Waals surface area (Å²) in [5, 5.41) is 13.4. The molecule has 2 aromatic rings. The fourth-order valence-corrected chi connectivity index (χ4v) is 4.28. The summed E-state index contributed by atoms with van der Waals surface area (Å²) in [5.74, 6) is 0.337. The van der Waals surface area contributed by atoms with Crippen LogP contribution < -0.4 is 0 Å². The van der Waals surface area contributed by atoms with Gasteiger partial charge >= 0.3 is 0 Å². The molecule has 0 aliphatic heterocycles. The zero-order chi connectivity index (χ0) is 19.8. The number of hydrogen-bond acceptors (Lipinski definition) is 5. The molecule has 1 aliphatic carbocycles. The monoisotopic (exact) mass is 397 g/mol. The third-order valence-electron chi connectivity index (χ3n) is 4.88. The lowest BCUT2D eigenvalue weighted by atomic mass is 9.84. The van der Waals surface area contributed by atoms with Crippen LogP contribution in [-0.4, -0.2) is 22.9 Å². The Morgan fingerprint density at radius 3 is 2.36 bits per heavy atom. The predicted molar refractivity (Wildman–Crippen MR) is 113 cm³/mol. The minimum absolute atomic E-state index is 0.123. The minimum Gasteiger partial charge on any atom is -0.364 e. The molecule has 0 aromatic heterocycles. The molecule has 5 heteroatoms. The standard InChI is InChI=1S/C23H27NO3S/c1-17(25)27-24-22(16-18-8-4-2-5-9-18)23(26)19-12-14-21(15-13-19)28-20-10-6-3-7-11-20/h3,6-7,10-15,17-18,25H,2,4-5,8-9,16H2,1H3/b24-22-. The molecule has 1 atom stereocenters. The maximum absolute atomic E-state index is 13.0. The van der Waals surface area contributed by atoms with Crippen LogP contribution in [0.1, 0.15) is 55.8 Å². The molecule has 148 valence electrons. The van der Waals surface area contributed by atoms with Crippen LogP contribution in [0.3, 0.4) is 0 Å². The third-order valence-corrected chi connectivity index (χ3v) is 5.90. The van der Waals surface area contributed by atoms with Crippen molar-refractivity contribution >= 4 is 23.3 Å².